The van der Waals surface area contributed by atoms with E-state index in [1.807, 2.05) is 41.3 Å². The van der Waals surface area contributed by atoms with Gasteiger partial charge in [-0.3, -0.25) is 0 Å². The second-order valence-electron chi connectivity index (χ2n) is 7.14. The van der Waals surface area contributed by atoms with Gasteiger partial charge in [-0.15, -0.1) is 0 Å². The molecule has 25 heavy (non-hydrogen) atoms. The molecule has 2 aliphatic heterocycles. The van der Waals surface area contributed by atoms with E-state index in [4.69, 9.17) is 9.15 Å². The minimum Gasteiger partial charge on any atom is -0.472 e. The van der Waals surface area contributed by atoms with Gasteiger partial charge in [-0.05, 0) is 30.9 Å². The van der Waals surface area contributed by atoms with Crippen LogP contribution in [0.2, 0.25) is 0 Å². The molecule has 1 aromatic heterocycles. The van der Waals surface area contributed by atoms with Gasteiger partial charge in [0.25, 0.3) is 0 Å². The number of fused-ring (bicyclic) bond motifs is 2. The Morgan fingerprint density at radius 1 is 1.20 bits per heavy atom. The number of carbonyl (C=O) groups excluding carboxylic acids is 1. The molecule has 0 saturated carbocycles. The molecule has 2 aliphatic rings. The lowest BCUT2D eigenvalue weighted by Crippen LogP contribution is -2.58. The summed E-state index contributed by atoms with van der Waals surface area (Å²) in [6.45, 7) is 0.279. The zero-order valence-corrected chi connectivity index (χ0v) is 14.1. The maximum Gasteiger partial charge on any atom is 0.410 e. The van der Waals surface area contributed by atoms with Crippen LogP contribution in [0.15, 0.2) is 53.3 Å². The van der Waals surface area contributed by atoms with Gasteiger partial charge in [0.15, 0.2) is 0 Å². The number of aliphatic hydroxyl groups is 1. The van der Waals surface area contributed by atoms with Crippen LogP contribution in [0.3, 0.4) is 0 Å². The molecule has 0 radical (unpaired) electrons. The first kappa shape index (κ1) is 16.2. The molecule has 2 bridgehead atoms. The van der Waals surface area contributed by atoms with Gasteiger partial charge in [0.2, 0.25) is 0 Å². The number of piperidine rings is 2. The summed E-state index contributed by atoms with van der Waals surface area (Å²) in [6.07, 6.45) is 6.87. The van der Waals surface area contributed by atoms with E-state index in [2.05, 4.69) is 0 Å². The van der Waals surface area contributed by atoms with Gasteiger partial charge in [0.1, 0.15) is 6.61 Å². The molecule has 5 nitrogen and oxygen atoms in total. The highest BCUT2D eigenvalue weighted by Crippen LogP contribution is 2.44. The number of hydrogen-bond acceptors (Lipinski definition) is 4. The monoisotopic (exact) mass is 341 g/mol. The SMILES string of the molecule is O=C(OCc1ccccc1)N1C2CCCC1CC(O)(c1ccoc1)C2. The maximum atomic E-state index is 12.7. The van der Waals surface area contributed by atoms with E-state index >= 15 is 0 Å². The lowest BCUT2D eigenvalue weighted by atomic mass is 9.73. The number of rotatable bonds is 3. The summed E-state index contributed by atoms with van der Waals surface area (Å²) in [5.74, 6) is 0. The third-order valence-corrected chi connectivity index (χ3v) is 5.48. The standard InChI is InChI=1S/C20H23NO4/c22-19(25-13-15-5-2-1-3-6-15)21-17-7-4-8-18(21)12-20(23,11-17)16-9-10-24-14-16/h1-3,5-6,9-10,14,17-18,23H,4,7-8,11-13H2. The molecule has 2 fully saturated rings. The summed E-state index contributed by atoms with van der Waals surface area (Å²) in [5, 5.41) is 11.1. The third kappa shape index (κ3) is 3.16. The lowest BCUT2D eigenvalue weighted by molar-refractivity contribution is -0.0898. The van der Waals surface area contributed by atoms with Crippen molar-refractivity contribution in [3.05, 3.63) is 60.1 Å². The van der Waals surface area contributed by atoms with Crippen molar-refractivity contribution in [2.24, 2.45) is 0 Å². The van der Waals surface area contributed by atoms with Crippen LogP contribution >= 0.6 is 0 Å². The highest BCUT2D eigenvalue weighted by Gasteiger charge is 2.49. The molecule has 2 unspecified atom stereocenters. The van der Waals surface area contributed by atoms with E-state index in [-0.39, 0.29) is 24.8 Å². The van der Waals surface area contributed by atoms with Gasteiger partial charge in [-0.1, -0.05) is 30.3 Å². The van der Waals surface area contributed by atoms with Crippen LogP contribution < -0.4 is 0 Å². The van der Waals surface area contributed by atoms with Crippen molar-refractivity contribution in [1.82, 2.24) is 4.90 Å². The molecule has 2 atom stereocenters. The van der Waals surface area contributed by atoms with Gasteiger partial charge in [0, 0.05) is 30.5 Å². The Hall–Kier alpha value is -2.27. The second kappa shape index (κ2) is 6.56. The summed E-state index contributed by atoms with van der Waals surface area (Å²) in [4.78, 5) is 14.5. The van der Waals surface area contributed by atoms with Crippen molar-refractivity contribution < 1.29 is 19.1 Å². The van der Waals surface area contributed by atoms with Gasteiger partial charge in [-0.2, -0.15) is 0 Å². The minimum atomic E-state index is -0.918. The molecule has 5 heteroatoms. The largest absolute Gasteiger partial charge is 0.472 e. The molecule has 2 saturated heterocycles. The Bertz CT molecular complexity index is 699. The summed E-state index contributed by atoms with van der Waals surface area (Å²) >= 11 is 0. The van der Waals surface area contributed by atoms with Gasteiger partial charge >= 0.3 is 6.09 Å². The average Bonchev–Trinajstić information content (AvgIpc) is 3.15. The Morgan fingerprint density at radius 2 is 1.92 bits per heavy atom. The van der Waals surface area contributed by atoms with Crippen LogP contribution in [0.4, 0.5) is 4.79 Å². The number of amides is 1. The summed E-state index contributed by atoms with van der Waals surface area (Å²) in [7, 11) is 0. The predicted molar refractivity (Wildman–Crippen MR) is 91.7 cm³/mol. The number of benzene rings is 1. The van der Waals surface area contributed by atoms with Gasteiger partial charge < -0.3 is 19.2 Å². The number of carbonyl (C=O) groups is 1. The Balaban J connectivity index is 1.47. The zero-order chi connectivity index (χ0) is 17.3. The van der Waals surface area contributed by atoms with Crippen LogP contribution in [0.5, 0.6) is 0 Å². The minimum absolute atomic E-state index is 0.00988. The molecule has 2 aromatic rings. The topological polar surface area (TPSA) is 62.9 Å². The molecule has 4 rings (SSSR count). The normalized spacial score (nSPS) is 28.6. The Kier molecular flexibility index (Phi) is 4.25. The Labute approximate surface area is 147 Å². The molecule has 132 valence electrons. The molecule has 1 amide bonds. The van der Waals surface area contributed by atoms with Crippen molar-refractivity contribution in [3.8, 4) is 0 Å². The predicted octanol–water partition coefficient (Wildman–Crippen LogP) is 3.82. The zero-order valence-electron chi connectivity index (χ0n) is 14.1. The Morgan fingerprint density at radius 3 is 2.56 bits per heavy atom. The summed E-state index contributed by atoms with van der Waals surface area (Å²) in [5.41, 5.74) is 0.869. The van der Waals surface area contributed by atoms with E-state index in [9.17, 15) is 9.90 Å². The smallest absolute Gasteiger partial charge is 0.410 e. The van der Waals surface area contributed by atoms with Crippen molar-refractivity contribution in [2.45, 2.75) is 56.4 Å². The van der Waals surface area contributed by atoms with Gasteiger partial charge in [-0.25, -0.2) is 4.79 Å². The maximum absolute atomic E-state index is 12.7. The average molecular weight is 341 g/mol. The fraction of sp³-hybridized carbons (Fsp3) is 0.450. The first-order valence-corrected chi connectivity index (χ1v) is 8.90. The van der Waals surface area contributed by atoms with E-state index < -0.39 is 5.60 Å². The molecule has 1 aromatic carbocycles. The highest BCUT2D eigenvalue weighted by molar-refractivity contribution is 5.69. The molecule has 1 N–H and O–H groups in total. The second-order valence-corrected chi connectivity index (χ2v) is 7.14. The molecule has 3 heterocycles. The quantitative estimate of drug-likeness (QED) is 0.922. The van der Waals surface area contributed by atoms with Crippen molar-refractivity contribution in [1.29, 1.82) is 0 Å². The van der Waals surface area contributed by atoms with E-state index in [1.165, 1.54) is 0 Å². The third-order valence-electron chi connectivity index (χ3n) is 5.48. The van der Waals surface area contributed by atoms with Crippen LogP contribution in [-0.2, 0) is 16.9 Å². The van der Waals surface area contributed by atoms with Crippen molar-refractivity contribution in [3.63, 3.8) is 0 Å². The molecule has 0 spiro atoms. The van der Waals surface area contributed by atoms with E-state index in [0.717, 1.165) is 30.4 Å². The first-order chi connectivity index (χ1) is 12.2. The highest BCUT2D eigenvalue weighted by atomic mass is 16.6. The lowest BCUT2D eigenvalue weighted by Gasteiger charge is -2.51. The number of furan rings is 1. The number of ether oxygens (including phenoxy) is 1. The summed E-state index contributed by atoms with van der Waals surface area (Å²) < 4.78 is 10.7. The van der Waals surface area contributed by atoms with Crippen LogP contribution in [0.1, 0.15) is 43.2 Å². The van der Waals surface area contributed by atoms with Crippen LogP contribution in [-0.4, -0.2) is 28.2 Å². The van der Waals surface area contributed by atoms with Crippen molar-refractivity contribution in [2.75, 3.05) is 0 Å². The fourth-order valence-electron chi connectivity index (χ4n) is 4.29. The van der Waals surface area contributed by atoms with Crippen LogP contribution in [0, 0.1) is 0 Å². The van der Waals surface area contributed by atoms with Crippen molar-refractivity contribution >= 4 is 6.09 Å². The van der Waals surface area contributed by atoms with Crippen LogP contribution in [0.25, 0.3) is 0 Å². The first-order valence-electron chi connectivity index (χ1n) is 8.90. The molecule has 0 aliphatic carbocycles. The van der Waals surface area contributed by atoms with E-state index in [0.29, 0.717) is 12.8 Å². The number of hydrogen-bond donors (Lipinski definition) is 1. The molecular formula is C20H23NO4. The fourth-order valence-corrected chi connectivity index (χ4v) is 4.29. The number of nitrogens with zero attached hydrogens (tertiary/aromatic N) is 1. The van der Waals surface area contributed by atoms with Gasteiger partial charge in [0.05, 0.1) is 18.1 Å². The van der Waals surface area contributed by atoms with E-state index in [1.54, 1.807) is 12.5 Å². The molecular weight excluding hydrogens is 318 g/mol. The summed E-state index contributed by atoms with van der Waals surface area (Å²) in [6, 6.07) is 11.5.